The van der Waals surface area contributed by atoms with Crippen LogP contribution in [0.4, 0.5) is 14.5 Å². The minimum Gasteiger partial charge on any atom is -0.491 e. The lowest BCUT2D eigenvalue weighted by molar-refractivity contribution is -0.129. The quantitative estimate of drug-likeness (QED) is 0.438. The van der Waals surface area contributed by atoms with E-state index < -0.39 is 43.8 Å². The summed E-state index contributed by atoms with van der Waals surface area (Å²) in [5, 5.41) is 26.4. The van der Waals surface area contributed by atoms with E-state index in [1.807, 2.05) is 19.6 Å². The third kappa shape index (κ3) is 4.90. The summed E-state index contributed by atoms with van der Waals surface area (Å²) in [6.45, 7) is 5.67. The van der Waals surface area contributed by atoms with Crippen LogP contribution >= 0.6 is 0 Å². The topological polar surface area (TPSA) is 121 Å². The van der Waals surface area contributed by atoms with E-state index >= 15 is 0 Å². The Bertz CT molecular complexity index is 1240. The van der Waals surface area contributed by atoms with Crippen molar-refractivity contribution >= 4 is 24.9 Å². The number of ether oxygens (including phenoxy) is 1. The number of pyridine rings is 1. The van der Waals surface area contributed by atoms with Gasteiger partial charge in [0, 0.05) is 41.5 Å². The van der Waals surface area contributed by atoms with Crippen molar-refractivity contribution in [3.05, 3.63) is 59.0 Å². The number of fused-ring (bicyclic) bond motifs is 1. The molecule has 35 heavy (non-hydrogen) atoms. The van der Waals surface area contributed by atoms with Crippen LogP contribution in [0.2, 0.25) is 19.6 Å². The van der Waals surface area contributed by atoms with Gasteiger partial charge in [0.2, 0.25) is 11.8 Å². The van der Waals surface area contributed by atoms with Gasteiger partial charge >= 0.3 is 0 Å². The number of methoxy groups -OCH3 is 1. The number of nitrogens with one attached hydrogen (secondary N) is 1. The number of aromatic nitrogens is 2. The molecule has 0 radical (unpaired) electrons. The number of hydrogen-bond acceptors (Lipinski definition) is 8. The number of carbonyl (C=O) groups excluding carboxylic acids is 1. The van der Waals surface area contributed by atoms with Gasteiger partial charge in [0.05, 0.1) is 20.9 Å². The minimum absolute atomic E-state index is 0.0488. The highest BCUT2D eigenvalue weighted by atomic mass is 28.3. The summed E-state index contributed by atoms with van der Waals surface area (Å²) < 4.78 is 39.7. The molecule has 12 heteroatoms. The van der Waals surface area contributed by atoms with Crippen LogP contribution in [-0.2, 0) is 11.2 Å². The molecule has 3 N–H and O–H groups in total. The van der Waals surface area contributed by atoms with Crippen molar-refractivity contribution in [3.8, 4) is 11.8 Å². The van der Waals surface area contributed by atoms with Gasteiger partial charge in [0.15, 0.2) is 12.0 Å². The zero-order valence-electron chi connectivity index (χ0n) is 19.7. The van der Waals surface area contributed by atoms with Crippen LogP contribution < -0.4 is 15.2 Å². The van der Waals surface area contributed by atoms with Gasteiger partial charge in [0.1, 0.15) is 17.7 Å². The van der Waals surface area contributed by atoms with E-state index in [1.165, 1.54) is 12.0 Å². The molecule has 1 amide bonds. The van der Waals surface area contributed by atoms with E-state index in [0.29, 0.717) is 23.6 Å². The lowest BCUT2D eigenvalue weighted by atomic mass is 9.95. The van der Waals surface area contributed by atoms with Crippen molar-refractivity contribution in [1.29, 1.82) is 0 Å². The predicted molar refractivity (Wildman–Crippen MR) is 125 cm³/mol. The maximum Gasteiger partial charge on any atom is 0.252 e. The molecule has 9 nitrogen and oxygen atoms in total. The highest BCUT2D eigenvalue weighted by Crippen LogP contribution is 2.37. The summed E-state index contributed by atoms with van der Waals surface area (Å²) in [5.74, 6) is -2.20. The Morgan fingerprint density at radius 3 is 2.51 bits per heavy atom. The fourth-order valence-electron chi connectivity index (χ4n) is 4.29. The molecule has 0 aliphatic carbocycles. The number of aliphatic hydroxyl groups excluding tert-OH is 1. The molecule has 1 aliphatic heterocycles. The van der Waals surface area contributed by atoms with Crippen LogP contribution in [0, 0.1) is 11.6 Å². The molecule has 186 valence electrons. The van der Waals surface area contributed by atoms with Crippen molar-refractivity contribution in [1.82, 2.24) is 15.0 Å². The van der Waals surface area contributed by atoms with Crippen molar-refractivity contribution < 1.29 is 33.0 Å². The molecule has 1 aromatic carbocycles. The number of carbonyl (C=O) groups is 1. The van der Waals surface area contributed by atoms with Gasteiger partial charge in [-0.2, -0.15) is 0 Å². The second-order valence-corrected chi connectivity index (χ2v) is 14.3. The van der Waals surface area contributed by atoms with Gasteiger partial charge in [-0.05, 0) is 23.4 Å². The summed E-state index contributed by atoms with van der Waals surface area (Å²) in [6.07, 6.45) is -1.06. The largest absolute Gasteiger partial charge is 0.491 e. The minimum atomic E-state index is -2.30. The molecule has 0 fully saturated rings. The van der Waals surface area contributed by atoms with Gasteiger partial charge in [-0.15, -0.1) is 0 Å². The third-order valence-electron chi connectivity index (χ3n) is 5.82. The second-order valence-electron chi connectivity index (χ2n) is 9.30. The van der Waals surface area contributed by atoms with Gasteiger partial charge in [-0.3, -0.25) is 9.69 Å². The number of aliphatic hydroxyl groups is 1. The number of halogens is 2. The van der Waals surface area contributed by atoms with Crippen LogP contribution in [0.25, 0.3) is 0 Å². The number of nitrogens with zero attached hydrogens (tertiary/aromatic N) is 3. The lowest BCUT2D eigenvalue weighted by Crippen LogP contribution is -2.44. The Morgan fingerprint density at radius 2 is 1.94 bits per heavy atom. The monoisotopic (exact) mass is 504 g/mol. The summed E-state index contributed by atoms with van der Waals surface area (Å²) >= 11 is 0. The van der Waals surface area contributed by atoms with E-state index in [-0.39, 0.29) is 23.2 Å². The normalized spacial score (nSPS) is 17.1. The Hall–Kier alpha value is -3.35. The standard InChI is InChI=1S/C23H26F2N4O5Si/c1-33-19-6-5-13-16(27-19)7-8-29(23(32)17-11-18(30)28-34-17)20(13)22(31)26-12-9-14(24)21(15(25)10-12)35(2,3)4/h5-6,9-11,20,23,32H,7-8H2,1-4H3,(H,26,31)(H,28,30)/t20-,23?/m1/s1. The van der Waals surface area contributed by atoms with Gasteiger partial charge in [-0.25, -0.2) is 13.8 Å². The van der Waals surface area contributed by atoms with Crippen LogP contribution in [0.3, 0.4) is 0 Å². The number of benzene rings is 1. The molecule has 3 heterocycles. The Morgan fingerprint density at radius 1 is 1.26 bits per heavy atom. The number of rotatable bonds is 6. The van der Waals surface area contributed by atoms with Crippen molar-refractivity contribution in [3.63, 3.8) is 0 Å². The number of aromatic hydroxyl groups is 1. The van der Waals surface area contributed by atoms with E-state index in [9.17, 15) is 23.8 Å². The van der Waals surface area contributed by atoms with E-state index in [4.69, 9.17) is 9.26 Å². The fraction of sp³-hybridized carbons (Fsp3) is 0.348. The smallest absolute Gasteiger partial charge is 0.252 e. The first-order valence-electron chi connectivity index (χ1n) is 10.9. The molecule has 0 bridgehead atoms. The SMILES string of the molecule is COc1ccc2c(n1)CCN(C(O)c1cc(O)no1)[C@H]2C(=O)Nc1cc(F)c([Si](C)(C)C)c(F)c1. The highest BCUT2D eigenvalue weighted by Gasteiger charge is 2.39. The lowest BCUT2D eigenvalue weighted by Gasteiger charge is -2.37. The average molecular weight is 505 g/mol. The molecule has 1 unspecified atom stereocenters. The molecule has 2 aromatic heterocycles. The second kappa shape index (κ2) is 9.36. The molecular weight excluding hydrogens is 478 g/mol. The van der Waals surface area contributed by atoms with Crippen LogP contribution in [0.5, 0.6) is 11.8 Å². The number of anilines is 1. The summed E-state index contributed by atoms with van der Waals surface area (Å²) in [5.41, 5.74) is 1.02. The first-order chi connectivity index (χ1) is 16.5. The van der Waals surface area contributed by atoms with Crippen LogP contribution in [0.15, 0.2) is 34.9 Å². The molecular formula is C23H26F2N4O5Si. The van der Waals surface area contributed by atoms with Gasteiger partial charge in [-0.1, -0.05) is 19.6 Å². The van der Waals surface area contributed by atoms with Crippen molar-refractivity contribution in [2.45, 2.75) is 38.3 Å². The third-order valence-corrected chi connectivity index (χ3v) is 7.80. The molecule has 3 aromatic rings. The molecule has 4 rings (SSSR count). The molecule has 0 saturated carbocycles. The first-order valence-corrected chi connectivity index (χ1v) is 14.4. The maximum atomic E-state index is 14.8. The number of hydrogen-bond donors (Lipinski definition) is 3. The van der Waals surface area contributed by atoms with E-state index in [0.717, 1.165) is 18.2 Å². The van der Waals surface area contributed by atoms with Crippen molar-refractivity contribution in [2.75, 3.05) is 19.0 Å². The predicted octanol–water partition coefficient (Wildman–Crippen LogP) is 2.84. The zero-order valence-corrected chi connectivity index (χ0v) is 20.7. The molecule has 1 aliphatic rings. The Labute approximate surface area is 201 Å². The van der Waals surface area contributed by atoms with Crippen molar-refractivity contribution in [2.24, 2.45) is 0 Å². The molecule has 2 atom stereocenters. The van der Waals surface area contributed by atoms with Gasteiger partial charge < -0.3 is 24.8 Å². The fourth-order valence-corrected chi connectivity index (χ4v) is 5.87. The highest BCUT2D eigenvalue weighted by molar-refractivity contribution is 6.88. The Kier molecular flexibility index (Phi) is 6.62. The van der Waals surface area contributed by atoms with E-state index in [1.54, 1.807) is 12.1 Å². The summed E-state index contributed by atoms with van der Waals surface area (Å²) in [7, 11) is -0.823. The van der Waals surface area contributed by atoms with E-state index in [2.05, 4.69) is 15.5 Å². The molecule has 0 spiro atoms. The van der Waals surface area contributed by atoms with Crippen LogP contribution in [0.1, 0.15) is 29.3 Å². The van der Waals surface area contributed by atoms with Gasteiger partial charge in [0.25, 0.3) is 5.88 Å². The average Bonchev–Trinajstić information content (AvgIpc) is 3.22. The maximum absolute atomic E-state index is 14.8. The summed E-state index contributed by atoms with van der Waals surface area (Å²) in [6, 6.07) is 5.47. The summed E-state index contributed by atoms with van der Waals surface area (Å²) in [4.78, 5) is 19.3. The first kappa shape index (κ1) is 24.8. The molecule has 0 saturated heterocycles. The van der Waals surface area contributed by atoms with Crippen LogP contribution in [-0.4, -0.2) is 52.9 Å². The number of amides is 1. The Balaban J connectivity index is 1.71. The zero-order chi connectivity index (χ0) is 25.5.